The maximum Gasteiger partial charge on any atom is 0.354 e. The first kappa shape index (κ1) is 22.8. The molecule has 0 saturated carbocycles. The number of halogens is 3. The number of hydrogen-bond acceptors (Lipinski definition) is 5. The lowest BCUT2D eigenvalue weighted by Gasteiger charge is -2.12. The second kappa shape index (κ2) is 9.00. The fourth-order valence-electron chi connectivity index (χ4n) is 3.93. The van der Waals surface area contributed by atoms with Gasteiger partial charge in [0.2, 0.25) is 0 Å². The highest BCUT2D eigenvalue weighted by Gasteiger charge is 2.27. The summed E-state index contributed by atoms with van der Waals surface area (Å²) in [5, 5.41) is 12.2. The van der Waals surface area contributed by atoms with E-state index in [1.807, 2.05) is 19.1 Å². The van der Waals surface area contributed by atoms with E-state index in [1.54, 1.807) is 47.3 Å². The summed E-state index contributed by atoms with van der Waals surface area (Å²) in [5.74, 6) is -0.156. The Morgan fingerprint density at radius 2 is 1.85 bits per heavy atom. The monoisotopic (exact) mass is 529 g/mol. The molecule has 1 N–H and O–H groups in total. The first-order chi connectivity index (χ1) is 16.3. The Balaban J connectivity index is 1.76. The third-order valence-electron chi connectivity index (χ3n) is 5.40. The first-order valence-electron chi connectivity index (χ1n) is 10.1. The molecular formula is C24H16Cl3N4O2S+. The number of pyridine rings is 2. The summed E-state index contributed by atoms with van der Waals surface area (Å²) in [6, 6.07) is 12.4. The van der Waals surface area contributed by atoms with E-state index in [1.165, 1.54) is 21.9 Å². The summed E-state index contributed by atoms with van der Waals surface area (Å²) >= 11 is 19.7. The number of thiazole rings is 1. The number of fused-ring (bicyclic) bond motifs is 1. The van der Waals surface area contributed by atoms with Gasteiger partial charge in [-0.05, 0) is 36.8 Å². The van der Waals surface area contributed by atoms with E-state index in [4.69, 9.17) is 34.8 Å². The minimum Gasteiger partial charge on any atom is -0.477 e. The average molecular weight is 531 g/mol. The van der Waals surface area contributed by atoms with Crippen LogP contribution in [0, 0.1) is 6.92 Å². The summed E-state index contributed by atoms with van der Waals surface area (Å²) < 4.78 is 3.63. The van der Waals surface area contributed by atoms with Crippen LogP contribution in [0.4, 0.5) is 0 Å². The molecule has 0 amide bonds. The van der Waals surface area contributed by atoms with E-state index in [-0.39, 0.29) is 17.0 Å². The van der Waals surface area contributed by atoms with Crippen molar-refractivity contribution in [3.63, 3.8) is 0 Å². The molecule has 0 fully saturated rings. The number of benzene rings is 1. The second-order valence-corrected chi connectivity index (χ2v) is 10.2. The van der Waals surface area contributed by atoms with Gasteiger partial charge in [-0.25, -0.2) is 9.78 Å². The number of nitrogens with zero attached hydrogens (tertiary/aromatic N) is 4. The predicted molar refractivity (Wildman–Crippen MR) is 135 cm³/mol. The van der Waals surface area contributed by atoms with Crippen molar-refractivity contribution in [3.8, 4) is 28.3 Å². The van der Waals surface area contributed by atoms with Crippen LogP contribution in [0.5, 0.6) is 5.88 Å². The van der Waals surface area contributed by atoms with Crippen LogP contribution >= 0.6 is 46.1 Å². The highest BCUT2D eigenvalue weighted by atomic mass is 35.5. The van der Waals surface area contributed by atoms with Crippen molar-refractivity contribution in [1.82, 2.24) is 14.5 Å². The van der Waals surface area contributed by atoms with Gasteiger partial charge in [0.1, 0.15) is 6.54 Å². The van der Waals surface area contributed by atoms with Crippen molar-refractivity contribution in [3.05, 3.63) is 96.4 Å². The Morgan fingerprint density at radius 1 is 1.06 bits per heavy atom. The zero-order valence-electron chi connectivity index (χ0n) is 17.7. The van der Waals surface area contributed by atoms with Crippen LogP contribution in [-0.2, 0) is 6.54 Å². The molecule has 0 aliphatic carbocycles. The van der Waals surface area contributed by atoms with Gasteiger partial charge in [-0.15, -0.1) is 11.3 Å². The standard InChI is InChI=1S/C24H15Cl3N4O2S/c1-13-4-3-7-30-21(13)31(12-17-11-29-24(27)34-17)23(33)19(22(30)32)14-5-2-6-15(8-14)20-18(26)9-16(25)10-28-20/h2-11H,12H2,1H3/p+1. The average Bonchev–Trinajstić information content (AvgIpc) is 3.22. The quantitative estimate of drug-likeness (QED) is 0.298. The molecule has 34 heavy (non-hydrogen) atoms. The van der Waals surface area contributed by atoms with Gasteiger partial charge < -0.3 is 5.11 Å². The van der Waals surface area contributed by atoms with Gasteiger partial charge in [0.25, 0.3) is 11.5 Å². The Hall–Kier alpha value is -2.97. The molecule has 0 unspecified atom stereocenters. The van der Waals surface area contributed by atoms with Gasteiger partial charge >= 0.3 is 5.56 Å². The summed E-state index contributed by atoms with van der Waals surface area (Å²) in [4.78, 5) is 22.8. The molecule has 0 spiro atoms. The lowest BCUT2D eigenvalue weighted by molar-refractivity contribution is -0.532. The number of aromatic hydroxyl groups is 1. The van der Waals surface area contributed by atoms with E-state index in [9.17, 15) is 9.90 Å². The van der Waals surface area contributed by atoms with Crippen molar-refractivity contribution >= 4 is 51.8 Å². The maximum atomic E-state index is 13.6. The van der Waals surface area contributed by atoms with Gasteiger partial charge in [0, 0.05) is 23.5 Å². The number of aryl methyl sites for hydroxylation is 1. The number of rotatable bonds is 4. The zero-order valence-corrected chi connectivity index (χ0v) is 20.8. The molecule has 10 heteroatoms. The minimum atomic E-state index is -0.345. The van der Waals surface area contributed by atoms with Gasteiger partial charge in [0.05, 0.1) is 26.8 Å². The predicted octanol–water partition coefficient (Wildman–Crippen LogP) is 5.80. The minimum absolute atomic E-state index is 0.156. The van der Waals surface area contributed by atoms with Crippen molar-refractivity contribution in [2.75, 3.05) is 0 Å². The van der Waals surface area contributed by atoms with E-state index >= 15 is 0 Å². The molecule has 4 aromatic heterocycles. The second-order valence-electron chi connectivity index (χ2n) is 7.62. The van der Waals surface area contributed by atoms with Crippen LogP contribution < -0.4 is 9.96 Å². The van der Waals surface area contributed by atoms with Crippen LogP contribution in [0.15, 0.2) is 65.8 Å². The number of hydrogen-bond donors (Lipinski definition) is 1. The maximum absolute atomic E-state index is 13.6. The molecule has 0 aliphatic heterocycles. The highest BCUT2D eigenvalue weighted by molar-refractivity contribution is 7.15. The summed E-state index contributed by atoms with van der Waals surface area (Å²) in [5.41, 5.74) is 2.97. The van der Waals surface area contributed by atoms with Crippen LogP contribution in [-0.4, -0.2) is 19.6 Å². The van der Waals surface area contributed by atoms with E-state index in [0.717, 1.165) is 10.4 Å². The largest absolute Gasteiger partial charge is 0.477 e. The molecule has 5 aromatic rings. The topological polar surface area (TPSA) is 72.1 Å². The molecule has 0 atom stereocenters. The molecule has 1 aromatic carbocycles. The van der Waals surface area contributed by atoms with E-state index < -0.39 is 0 Å². The molecule has 0 radical (unpaired) electrons. The van der Waals surface area contributed by atoms with Crippen LogP contribution in [0.2, 0.25) is 14.5 Å². The van der Waals surface area contributed by atoms with E-state index in [2.05, 4.69) is 9.97 Å². The van der Waals surface area contributed by atoms with Crippen LogP contribution in [0.25, 0.3) is 28.0 Å². The van der Waals surface area contributed by atoms with Gasteiger partial charge in [-0.2, -0.15) is 8.97 Å². The summed E-state index contributed by atoms with van der Waals surface area (Å²) in [6.07, 6.45) is 4.85. The molecule has 4 heterocycles. The zero-order chi connectivity index (χ0) is 24.0. The lowest BCUT2D eigenvalue weighted by atomic mass is 10.0. The molecule has 0 bridgehead atoms. The Bertz CT molecular complexity index is 1630. The van der Waals surface area contributed by atoms with Crippen LogP contribution in [0.1, 0.15) is 10.4 Å². The van der Waals surface area contributed by atoms with Crippen molar-refractivity contribution in [1.29, 1.82) is 0 Å². The molecule has 5 rings (SSSR count). The smallest absolute Gasteiger partial charge is 0.354 e. The number of aromatic nitrogens is 4. The van der Waals surface area contributed by atoms with Gasteiger partial charge in [0.15, 0.2) is 10.0 Å². The third-order valence-corrected chi connectivity index (χ3v) is 7.00. The van der Waals surface area contributed by atoms with Gasteiger partial charge in [-0.1, -0.05) is 53.0 Å². The lowest BCUT2D eigenvalue weighted by Crippen LogP contribution is -2.44. The van der Waals surface area contributed by atoms with Crippen molar-refractivity contribution in [2.24, 2.45) is 0 Å². The van der Waals surface area contributed by atoms with Gasteiger partial charge in [-0.3, -0.25) is 4.98 Å². The fraction of sp³-hybridized carbons (Fsp3) is 0.0833. The fourth-order valence-corrected chi connectivity index (χ4v) is 5.39. The SMILES string of the molecule is Cc1ccc[n+]2c(=O)c(-c3cccc(-c4ncc(Cl)cc4Cl)c3)c(O)n(Cc3cnc(Cl)s3)c12. The Labute approximate surface area is 213 Å². The molecule has 0 aliphatic rings. The molecule has 170 valence electrons. The van der Waals surface area contributed by atoms with Crippen molar-refractivity contribution < 1.29 is 9.51 Å². The summed E-state index contributed by atoms with van der Waals surface area (Å²) in [7, 11) is 0. The first-order valence-corrected chi connectivity index (χ1v) is 12.1. The molecule has 6 nitrogen and oxygen atoms in total. The summed E-state index contributed by atoms with van der Waals surface area (Å²) in [6.45, 7) is 2.18. The molecule has 0 saturated heterocycles. The third kappa shape index (κ3) is 4.05. The van der Waals surface area contributed by atoms with Crippen molar-refractivity contribution in [2.45, 2.75) is 13.5 Å². The van der Waals surface area contributed by atoms with E-state index in [0.29, 0.717) is 43.5 Å². The normalized spacial score (nSPS) is 11.3. The molecular weight excluding hydrogens is 515 g/mol. The van der Waals surface area contributed by atoms with Crippen LogP contribution in [0.3, 0.4) is 0 Å². The Kier molecular flexibility index (Phi) is 6.04. The Morgan fingerprint density at radius 3 is 2.59 bits per heavy atom. The highest BCUT2D eigenvalue weighted by Crippen LogP contribution is 2.33.